The Morgan fingerprint density at radius 1 is 1.29 bits per heavy atom. The van der Waals surface area contributed by atoms with Crippen LogP contribution < -0.4 is 5.73 Å². The van der Waals surface area contributed by atoms with Crippen molar-refractivity contribution in [2.45, 2.75) is 32.7 Å². The number of hydrogen-bond acceptors (Lipinski definition) is 3. The smallest absolute Gasteiger partial charge is 0.0811 e. The zero-order valence-electron chi connectivity index (χ0n) is 10.1. The molecule has 1 aromatic heterocycles. The van der Waals surface area contributed by atoms with Gasteiger partial charge in [-0.1, -0.05) is 25.5 Å². The van der Waals surface area contributed by atoms with E-state index in [4.69, 9.17) is 5.73 Å². The van der Waals surface area contributed by atoms with E-state index < -0.39 is 0 Å². The molecule has 0 aliphatic rings. The van der Waals surface area contributed by atoms with Crippen molar-refractivity contribution in [2.24, 2.45) is 5.73 Å². The zero-order chi connectivity index (χ0) is 12.1. The topological polar surface area (TPSA) is 38.9 Å². The molecule has 0 atom stereocenters. The van der Waals surface area contributed by atoms with E-state index in [1.165, 1.54) is 29.5 Å². The molecule has 1 heterocycles. The largest absolute Gasteiger partial charge is 0.326 e. The summed E-state index contributed by atoms with van der Waals surface area (Å²) in [5, 5.41) is 2.07. The van der Waals surface area contributed by atoms with Crippen molar-refractivity contribution in [3.8, 4) is 11.3 Å². The summed E-state index contributed by atoms with van der Waals surface area (Å²) in [4.78, 5) is 4.33. The van der Waals surface area contributed by atoms with E-state index in [1.807, 2.05) is 5.51 Å². The molecule has 0 spiro atoms. The Morgan fingerprint density at radius 2 is 2.18 bits per heavy atom. The molecule has 0 radical (unpaired) electrons. The second kappa shape index (κ2) is 5.94. The molecule has 3 heteroatoms. The van der Waals surface area contributed by atoms with Gasteiger partial charge in [0.05, 0.1) is 11.2 Å². The minimum absolute atomic E-state index is 0.608. The highest BCUT2D eigenvalue weighted by atomic mass is 32.1. The molecule has 0 fully saturated rings. The highest BCUT2D eigenvalue weighted by Crippen LogP contribution is 2.23. The molecule has 0 bridgehead atoms. The number of benzene rings is 1. The summed E-state index contributed by atoms with van der Waals surface area (Å²) in [6.45, 7) is 2.82. The van der Waals surface area contributed by atoms with Crippen LogP contribution in [-0.4, -0.2) is 4.98 Å². The van der Waals surface area contributed by atoms with Crippen LogP contribution in [0.5, 0.6) is 0 Å². The Morgan fingerprint density at radius 3 is 2.82 bits per heavy atom. The maximum Gasteiger partial charge on any atom is 0.0811 e. The Labute approximate surface area is 107 Å². The lowest BCUT2D eigenvalue weighted by Gasteiger charge is -2.09. The first kappa shape index (κ1) is 12.3. The summed E-state index contributed by atoms with van der Waals surface area (Å²) < 4.78 is 0. The Bertz CT molecular complexity index is 463. The van der Waals surface area contributed by atoms with Gasteiger partial charge in [-0.05, 0) is 30.0 Å². The molecule has 0 aliphatic heterocycles. The summed E-state index contributed by atoms with van der Waals surface area (Å²) >= 11 is 1.62. The summed E-state index contributed by atoms with van der Waals surface area (Å²) in [5.41, 5.74) is 12.5. The standard InChI is InChI=1S/C14H18N2S/c1-2-3-4-11-5-6-12(7-13(11)8-15)14-9-17-10-16-14/h5-7,9-10H,2-4,8,15H2,1H3. The number of nitrogens with zero attached hydrogens (tertiary/aromatic N) is 1. The molecule has 17 heavy (non-hydrogen) atoms. The third-order valence-electron chi connectivity index (χ3n) is 2.95. The Balaban J connectivity index is 2.27. The van der Waals surface area contributed by atoms with Crippen LogP contribution in [0, 0.1) is 0 Å². The number of aryl methyl sites for hydroxylation is 1. The third-order valence-corrected chi connectivity index (χ3v) is 3.54. The normalized spacial score (nSPS) is 10.7. The molecule has 0 saturated carbocycles. The average molecular weight is 246 g/mol. The first-order chi connectivity index (χ1) is 8.35. The Hall–Kier alpha value is -1.19. The molecule has 1 aromatic carbocycles. The van der Waals surface area contributed by atoms with Crippen LogP contribution in [0.15, 0.2) is 29.1 Å². The van der Waals surface area contributed by atoms with Gasteiger partial charge in [-0.3, -0.25) is 0 Å². The SMILES string of the molecule is CCCCc1ccc(-c2cscn2)cc1CN. The quantitative estimate of drug-likeness (QED) is 0.875. The molecule has 2 nitrogen and oxygen atoms in total. The molecule has 90 valence electrons. The van der Waals surface area contributed by atoms with Gasteiger partial charge in [-0.15, -0.1) is 11.3 Å². The van der Waals surface area contributed by atoms with Crippen molar-refractivity contribution < 1.29 is 0 Å². The monoisotopic (exact) mass is 246 g/mol. The predicted molar refractivity (Wildman–Crippen MR) is 74.1 cm³/mol. The molecule has 0 unspecified atom stereocenters. The summed E-state index contributed by atoms with van der Waals surface area (Å²) in [6.07, 6.45) is 3.57. The lowest BCUT2D eigenvalue weighted by atomic mass is 9.98. The van der Waals surface area contributed by atoms with E-state index in [2.05, 4.69) is 35.5 Å². The van der Waals surface area contributed by atoms with E-state index in [0.29, 0.717) is 6.54 Å². The van der Waals surface area contributed by atoms with E-state index in [1.54, 1.807) is 11.3 Å². The number of thiazole rings is 1. The lowest BCUT2D eigenvalue weighted by Crippen LogP contribution is -2.02. The van der Waals surface area contributed by atoms with E-state index in [-0.39, 0.29) is 0 Å². The average Bonchev–Trinajstić information content (AvgIpc) is 2.90. The second-order valence-corrected chi connectivity index (χ2v) is 4.88. The number of aromatic nitrogens is 1. The molecule has 2 rings (SSSR count). The van der Waals surface area contributed by atoms with Crippen molar-refractivity contribution in [3.63, 3.8) is 0 Å². The van der Waals surface area contributed by atoms with Crippen LogP contribution in [0.3, 0.4) is 0 Å². The molecule has 2 N–H and O–H groups in total. The molecular weight excluding hydrogens is 228 g/mol. The highest BCUT2D eigenvalue weighted by molar-refractivity contribution is 7.07. The molecule has 2 aromatic rings. The Kier molecular flexibility index (Phi) is 4.29. The van der Waals surface area contributed by atoms with Crippen LogP contribution in [0.4, 0.5) is 0 Å². The fraction of sp³-hybridized carbons (Fsp3) is 0.357. The fourth-order valence-corrected chi connectivity index (χ4v) is 2.50. The van der Waals surface area contributed by atoms with Crippen molar-refractivity contribution in [1.29, 1.82) is 0 Å². The van der Waals surface area contributed by atoms with E-state index in [0.717, 1.165) is 12.1 Å². The van der Waals surface area contributed by atoms with Gasteiger partial charge < -0.3 is 5.73 Å². The second-order valence-electron chi connectivity index (χ2n) is 4.16. The van der Waals surface area contributed by atoms with Gasteiger partial charge in [-0.25, -0.2) is 4.98 Å². The number of hydrogen-bond donors (Lipinski definition) is 1. The molecule has 0 aliphatic carbocycles. The fourth-order valence-electron chi connectivity index (χ4n) is 1.94. The highest BCUT2D eigenvalue weighted by Gasteiger charge is 2.05. The molecule has 0 amide bonds. The lowest BCUT2D eigenvalue weighted by molar-refractivity contribution is 0.786. The van der Waals surface area contributed by atoms with Gasteiger partial charge in [0.15, 0.2) is 0 Å². The van der Waals surface area contributed by atoms with Crippen molar-refractivity contribution in [3.05, 3.63) is 40.2 Å². The van der Waals surface area contributed by atoms with Gasteiger partial charge in [-0.2, -0.15) is 0 Å². The first-order valence-corrected chi connectivity index (χ1v) is 7.00. The summed E-state index contributed by atoms with van der Waals surface area (Å²) in [6, 6.07) is 6.53. The minimum atomic E-state index is 0.608. The van der Waals surface area contributed by atoms with Crippen molar-refractivity contribution in [2.75, 3.05) is 0 Å². The maximum absolute atomic E-state index is 5.83. The van der Waals surface area contributed by atoms with Crippen LogP contribution in [0.25, 0.3) is 11.3 Å². The predicted octanol–water partition coefficient (Wildman–Crippen LogP) is 3.61. The van der Waals surface area contributed by atoms with Crippen LogP contribution in [-0.2, 0) is 13.0 Å². The van der Waals surface area contributed by atoms with Gasteiger partial charge >= 0.3 is 0 Å². The zero-order valence-corrected chi connectivity index (χ0v) is 11.0. The van der Waals surface area contributed by atoms with Gasteiger partial charge in [0.2, 0.25) is 0 Å². The van der Waals surface area contributed by atoms with Crippen LogP contribution >= 0.6 is 11.3 Å². The van der Waals surface area contributed by atoms with Gasteiger partial charge in [0.25, 0.3) is 0 Å². The first-order valence-electron chi connectivity index (χ1n) is 6.05. The number of rotatable bonds is 5. The van der Waals surface area contributed by atoms with Crippen molar-refractivity contribution in [1.82, 2.24) is 4.98 Å². The van der Waals surface area contributed by atoms with Gasteiger partial charge in [0.1, 0.15) is 0 Å². The third kappa shape index (κ3) is 2.93. The molecular formula is C14H18N2S. The van der Waals surface area contributed by atoms with Crippen LogP contribution in [0.1, 0.15) is 30.9 Å². The summed E-state index contributed by atoms with van der Waals surface area (Å²) in [7, 11) is 0. The van der Waals surface area contributed by atoms with Crippen LogP contribution in [0.2, 0.25) is 0 Å². The van der Waals surface area contributed by atoms with Gasteiger partial charge in [0, 0.05) is 17.5 Å². The maximum atomic E-state index is 5.83. The molecule has 0 saturated heterocycles. The van der Waals surface area contributed by atoms with E-state index in [9.17, 15) is 0 Å². The van der Waals surface area contributed by atoms with Crippen molar-refractivity contribution >= 4 is 11.3 Å². The number of nitrogens with two attached hydrogens (primary N) is 1. The van der Waals surface area contributed by atoms with E-state index >= 15 is 0 Å². The minimum Gasteiger partial charge on any atom is -0.326 e. The number of unbranched alkanes of at least 4 members (excludes halogenated alkanes) is 1. The summed E-state index contributed by atoms with van der Waals surface area (Å²) in [5.74, 6) is 0.